The molecule has 2 fully saturated rings. The highest BCUT2D eigenvalue weighted by molar-refractivity contribution is 7.98. The molecule has 1 aromatic heterocycles. The van der Waals surface area contributed by atoms with E-state index in [1.165, 1.54) is 12.1 Å². The molecular weight excluding hydrogens is 351 g/mol. The van der Waals surface area contributed by atoms with E-state index < -0.39 is 0 Å². The highest BCUT2D eigenvalue weighted by Crippen LogP contribution is 2.33. The van der Waals surface area contributed by atoms with Crippen molar-refractivity contribution in [3.63, 3.8) is 0 Å². The zero-order chi connectivity index (χ0) is 18.1. The maximum Gasteiger partial charge on any atom is 0.225 e. The summed E-state index contributed by atoms with van der Waals surface area (Å²) in [6, 6.07) is 5.14. The van der Waals surface area contributed by atoms with Gasteiger partial charge in [-0.2, -0.15) is 0 Å². The monoisotopic (exact) mass is 376 g/mol. The van der Waals surface area contributed by atoms with Crippen molar-refractivity contribution < 1.29 is 9.18 Å². The van der Waals surface area contributed by atoms with Crippen LogP contribution in [0.1, 0.15) is 31.7 Å². The number of amides is 1. The number of likely N-dealkylation sites (tertiary alicyclic amines) is 1. The number of imidazole rings is 1. The first-order chi connectivity index (χ1) is 12.7. The summed E-state index contributed by atoms with van der Waals surface area (Å²) in [4.78, 5) is 19.4. The molecule has 2 aliphatic rings. The summed E-state index contributed by atoms with van der Waals surface area (Å²) in [5.41, 5.74) is 1.70. The third-order valence-corrected chi connectivity index (χ3v) is 6.28. The lowest BCUT2D eigenvalue weighted by Gasteiger charge is -2.36. The average molecular weight is 377 g/mol. The highest BCUT2D eigenvalue weighted by atomic mass is 32.2. The van der Waals surface area contributed by atoms with Gasteiger partial charge >= 0.3 is 0 Å². The Balaban J connectivity index is 1.49. The molecule has 140 valence electrons. The third-order valence-electron chi connectivity index (χ3n) is 5.63. The van der Waals surface area contributed by atoms with Crippen LogP contribution in [0, 0.1) is 11.7 Å². The van der Waals surface area contributed by atoms with Gasteiger partial charge in [-0.1, -0.05) is 11.8 Å². The number of carbonyl (C=O) groups excluding carboxylic acids is 1. The molecule has 0 atom stereocenters. The Morgan fingerprint density at radius 1 is 1.23 bits per heavy atom. The number of hydrogen-bond donors (Lipinski definition) is 1. The summed E-state index contributed by atoms with van der Waals surface area (Å²) >= 11 is 1.59. The molecule has 2 aromatic rings. The Labute approximate surface area is 157 Å². The maximum atomic E-state index is 13.5. The quantitative estimate of drug-likeness (QED) is 0.837. The van der Waals surface area contributed by atoms with Crippen LogP contribution >= 0.6 is 11.8 Å². The number of nitrogens with zero attached hydrogens (tertiary/aromatic N) is 3. The number of hydrogen-bond acceptors (Lipinski definition) is 4. The summed E-state index contributed by atoms with van der Waals surface area (Å²) in [7, 11) is 0. The third kappa shape index (κ3) is 3.34. The van der Waals surface area contributed by atoms with Crippen LogP contribution in [0.2, 0.25) is 0 Å². The molecule has 1 amide bonds. The first-order valence-electron chi connectivity index (χ1n) is 9.38. The van der Waals surface area contributed by atoms with E-state index in [4.69, 9.17) is 0 Å². The fourth-order valence-electron chi connectivity index (χ4n) is 4.22. The SMILES string of the molecule is CSc1nc2cc(F)ccc2n1C1CCN(C(=O)C2CCNCC2)CC1. The lowest BCUT2D eigenvalue weighted by Crippen LogP contribution is -2.44. The molecule has 0 spiro atoms. The van der Waals surface area contributed by atoms with Gasteiger partial charge in [-0.3, -0.25) is 4.79 Å². The number of carbonyl (C=O) groups is 1. The van der Waals surface area contributed by atoms with Crippen molar-refractivity contribution in [1.29, 1.82) is 0 Å². The van der Waals surface area contributed by atoms with Crippen LogP contribution in [-0.4, -0.2) is 52.8 Å². The van der Waals surface area contributed by atoms with Gasteiger partial charge < -0.3 is 14.8 Å². The van der Waals surface area contributed by atoms with Gasteiger partial charge in [-0.15, -0.1) is 0 Å². The Morgan fingerprint density at radius 3 is 2.65 bits per heavy atom. The second kappa shape index (κ2) is 7.56. The van der Waals surface area contributed by atoms with E-state index >= 15 is 0 Å². The van der Waals surface area contributed by atoms with E-state index in [9.17, 15) is 9.18 Å². The molecule has 1 N–H and O–H groups in total. The number of rotatable bonds is 3. The molecule has 5 nitrogen and oxygen atoms in total. The molecule has 7 heteroatoms. The molecular formula is C19H25FN4OS. The van der Waals surface area contributed by atoms with Gasteiger partial charge in [0.1, 0.15) is 5.82 Å². The molecule has 4 rings (SSSR count). The number of nitrogens with one attached hydrogen (secondary N) is 1. The number of thioether (sulfide) groups is 1. The Hall–Kier alpha value is -1.60. The number of halogens is 1. The topological polar surface area (TPSA) is 50.2 Å². The predicted octanol–water partition coefficient (Wildman–Crippen LogP) is 3.06. The first-order valence-corrected chi connectivity index (χ1v) is 10.6. The second-order valence-electron chi connectivity index (χ2n) is 7.18. The van der Waals surface area contributed by atoms with Crippen molar-refractivity contribution in [1.82, 2.24) is 19.8 Å². The van der Waals surface area contributed by atoms with E-state index in [2.05, 4.69) is 14.9 Å². The largest absolute Gasteiger partial charge is 0.342 e. The summed E-state index contributed by atoms with van der Waals surface area (Å²) < 4.78 is 15.8. The number of aromatic nitrogens is 2. The van der Waals surface area contributed by atoms with E-state index in [0.29, 0.717) is 17.5 Å². The molecule has 0 bridgehead atoms. The van der Waals surface area contributed by atoms with E-state index in [1.54, 1.807) is 11.8 Å². The van der Waals surface area contributed by atoms with Gasteiger partial charge in [0.25, 0.3) is 0 Å². The van der Waals surface area contributed by atoms with Crippen LogP contribution in [0.25, 0.3) is 11.0 Å². The van der Waals surface area contributed by atoms with Gasteiger partial charge in [0.2, 0.25) is 5.91 Å². The van der Waals surface area contributed by atoms with Gasteiger partial charge in [-0.25, -0.2) is 9.37 Å². The molecule has 2 aliphatic heterocycles. The standard InChI is InChI=1S/C19H25FN4OS/c1-26-19-22-16-12-14(20)2-3-17(16)24(19)15-6-10-23(11-7-15)18(25)13-4-8-21-9-5-13/h2-3,12-13,15,21H,4-11H2,1H3. The van der Waals surface area contributed by atoms with Crippen molar-refractivity contribution >= 4 is 28.7 Å². The Bertz CT molecular complexity index is 794. The molecule has 1 aromatic carbocycles. The van der Waals surface area contributed by atoms with E-state index in [0.717, 1.165) is 62.5 Å². The van der Waals surface area contributed by atoms with Crippen molar-refractivity contribution in [2.75, 3.05) is 32.4 Å². The number of benzene rings is 1. The van der Waals surface area contributed by atoms with Crippen LogP contribution in [0.15, 0.2) is 23.4 Å². The van der Waals surface area contributed by atoms with Crippen LogP contribution in [0.5, 0.6) is 0 Å². The fourth-order valence-corrected chi connectivity index (χ4v) is 4.85. The summed E-state index contributed by atoms with van der Waals surface area (Å²) in [5, 5.41) is 4.25. The van der Waals surface area contributed by atoms with Crippen LogP contribution < -0.4 is 5.32 Å². The van der Waals surface area contributed by atoms with Crippen molar-refractivity contribution in [3.05, 3.63) is 24.0 Å². The van der Waals surface area contributed by atoms with Crippen LogP contribution in [-0.2, 0) is 4.79 Å². The summed E-state index contributed by atoms with van der Waals surface area (Å²) in [6.45, 7) is 3.48. The lowest BCUT2D eigenvalue weighted by molar-refractivity contribution is -0.137. The average Bonchev–Trinajstić information content (AvgIpc) is 3.05. The van der Waals surface area contributed by atoms with Crippen LogP contribution in [0.4, 0.5) is 4.39 Å². The van der Waals surface area contributed by atoms with Crippen LogP contribution in [0.3, 0.4) is 0 Å². The minimum atomic E-state index is -0.253. The zero-order valence-electron chi connectivity index (χ0n) is 15.1. The number of piperidine rings is 2. The fraction of sp³-hybridized carbons (Fsp3) is 0.579. The predicted molar refractivity (Wildman–Crippen MR) is 102 cm³/mol. The molecule has 2 saturated heterocycles. The molecule has 0 radical (unpaired) electrons. The normalized spacial score (nSPS) is 20.0. The smallest absolute Gasteiger partial charge is 0.225 e. The lowest BCUT2D eigenvalue weighted by atomic mass is 9.95. The molecule has 0 unspecified atom stereocenters. The first kappa shape index (κ1) is 17.8. The summed E-state index contributed by atoms with van der Waals surface area (Å²) in [5.74, 6) is 0.261. The van der Waals surface area contributed by atoms with Crippen molar-refractivity contribution in [2.45, 2.75) is 36.9 Å². The number of fused-ring (bicyclic) bond motifs is 1. The van der Waals surface area contributed by atoms with E-state index in [1.807, 2.05) is 17.2 Å². The highest BCUT2D eigenvalue weighted by Gasteiger charge is 2.30. The summed E-state index contributed by atoms with van der Waals surface area (Å²) in [6.07, 6.45) is 5.75. The van der Waals surface area contributed by atoms with Crippen molar-refractivity contribution in [2.24, 2.45) is 5.92 Å². The van der Waals surface area contributed by atoms with Gasteiger partial charge in [0, 0.05) is 31.1 Å². The van der Waals surface area contributed by atoms with Crippen molar-refractivity contribution in [3.8, 4) is 0 Å². The van der Waals surface area contributed by atoms with Gasteiger partial charge in [-0.05, 0) is 57.2 Å². The minimum Gasteiger partial charge on any atom is -0.342 e. The minimum absolute atomic E-state index is 0.187. The molecule has 26 heavy (non-hydrogen) atoms. The van der Waals surface area contributed by atoms with Gasteiger partial charge in [0.15, 0.2) is 5.16 Å². The zero-order valence-corrected chi connectivity index (χ0v) is 15.9. The van der Waals surface area contributed by atoms with Gasteiger partial charge in [0.05, 0.1) is 11.0 Å². The molecule has 3 heterocycles. The van der Waals surface area contributed by atoms with E-state index in [-0.39, 0.29) is 11.7 Å². The Kier molecular flexibility index (Phi) is 5.18. The maximum absolute atomic E-state index is 13.5. The molecule has 0 saturated carbocycles. The molecule has 0 aliphatic carbocycles. The Morgan fingerprint density at radius 2 is 1.96 bits per heavy atom. The second-order valence-corrected chi connectivity index (χ2v) is 7.96.